The molecule has 6 heteroatoms. The first-order valence-electron chi connectivity index (χ1n) is 6.11. The third-order valence-electron chi connectivity index (χ3n) is 2.41. The number of halogens is 1. The first kappa shape index (κ1) is 14.7. The highest BCUT2D eigenvalue weighted by Crippen LogP contribution is 2.15. The molecule has 0 aliphatic heterocycles. The van der Waals surface area contributed by atoms with Crippen LogP contribution >= 0.6 is 11.6 Å². The van der Waals surface area contributed by atoms with Crippen LogP contribution in [0.5, 0.6) is 6.01 Å². The van der Waals surface area contributed by atoms with Crippen molar-refractivity contribution in [2.45, 2.75) is 26.7 Å². The van der Waals surface area contributed by atoms with E-state index in [1.54, 1.807) is 0 Å². The molecule has 0 atom stereocenters. The van der Waals surface area contributed by atoms with E-state index in [4.69, 9.17) is 16.3 Å². The van der Waals surface area contributed by atoms with Gasteiger partial charge in [-0.1, -0.05) is 6.08 Å². The summed E-state index contributed by atoms with van der Waals surface area (Å²) < 4.78 is 5.45. The minimum atomic E-state index is 0.158. The van der Waals surface area contributed by atoms with Crippen LogP contribution in [0, 0.1) is 0 Å². The predicted molar refractivity (Wildman–Crippen MR) is 73.3 cm³/mol. The molecule has 1 heterocycles. The van der Waals surface area contributed by atoms with Gasteiger partial charge in [0.1, 0.15) is 0 Å². The van der Waals surface area contributed by atoms with Crippen molar-refractivity contribution in [3.63, 3.8) is 0 Å². The molecule has 1 aromatic rings. The van der Waals surface area contributed by atoms with Gasteiger partial charge >= 0.3 is 6.01 Å². The summed E-state index contributed by atoms with van der Waals surface area (Å²) >= 11 is 5.86. The van der Waals surface area contributed by atoms with Crippen molar-refractivity contribution in [3.05, 3.63) is 17.9 Å². The highest BCUT2D eigenvalue weighted by molar-refractivity contribution is 6.28. The molecule has 0 N–H and O–H groups in total. The zero-order valence-electron chi connectivity index (χ0n) is 10.9. The Morgan fingerprint density at radius 1 is 1.28 bits per heavy atom. The summed E-state index contributed by atoms with van der Waals surface area (Å²) in [6, 6.07) is 0.279. The molecule has 0 radical (unpaired) electrons. The van der Waals surface area contributed by atoms with Crippen molar-refractivity contribution in [1.82, 2.24) is 15.0 Å². The Morgan fingerprint density at radius 3 is 2.61 bits per heavy atom. The van der Waals surface area contributed by atoms with Gasteiger partial charge < -0.3 is 9.64 Å². The molecule has 0 aliphatic rings. The van der Waals surface area contributed by atoms with E-state index in [2.05, 4.69) is 21.5 Å². The maximum atomic E-state index is 5.86. The molecule has 18 heavy (non-hydrogen) atoms. The Hall–Kier alpha value is -1.36. The number of unbranched alkanes of at least 4 members (excludes halogenated alkanes) is 1. The maximum absolute atomic E-state index is 5.86. The first-order chi connectivity index (χ1) is 8.71. The van der Waals surface area contributed by atoms with E-state index in [1.165, 1.54) is 0 Å². The van der Waals surface area contributed by atoms with Crippen molar-refractivity contribution in [3.8, 4) is 6.01 Å². The molecule has 0 aliphatic carbocycles. The Labute approximate surface area is 113 Å². The summed E-state index contributed by atoms with van der Waals surface area (Å²) in [7, 11) is 0. The smallest absolute Gasteiger partial charge is 0.322 e. The number of hydrogen-bond donors (Lipinski definition) is 0. The molecule has 0 unspecified atom stereocenters. The van der Waals surface area contributed by atoms with Gasteiger partial charge in [0.05, 0.1) is 6.61 Å². The van der Waals surface area contributed by atoms with E-state index in [-0.39, 0.29) is 11.3 Å². The maximum Gasteiger partial charge on any atom is 0.322 e. The molecule has 1 aromatic heterocycles. The van der Waals surface area contributed by atoms with Crippen LogP contribution in [0.4, 0.5) is 5.95 Å². The Bertz CT molecular complexity index is 382. The van der Waals surface area contributed by atoms with E-state index >= 15 is 0 Å². The van der Waals surface area contributed by atoms with Gasteiger partial charge in [-0.05, 0) is 38.3 Å². The van der Waals surface area contributed by atoms with Gasteiger partial charge in [-0.25, -0.2) is 0 Å². The number of ether oxygens (including phenoxy) is 1. The Kier molecular flexibility index (Phi) is 6.43. The van der Waals surface area contributed by atoms with Crippen LogP contribution in [0.25, 0.3) is 0 Å². The lowest BCUT2D eigenvalue weighted by Crippen LogP contribution is -2.24. The van der Waals surface area contributed by atoms with Crippen molar-refractivity contribution in [2.75, 3.05) is 24.6 Å². The Balaban J connectivity index is 2.70. The van der Waals surface area contributed by atoms with E-state index in [0.717, 1.165) is 25.9 Å². The molecule has 0 fully saturated rings. The molecule has 0 saturated heterocycles. The quantitative estimate of drug-likeness (QED) is 0.537. The largest absolute Gasteiger partial charge is 0.463 e. The summed E-state index contributed by atoms with van der Waals surface area (Å²) in [4.78, 5) is 14.3. The van der Waals surface area contributed by atoms with Crippen LogP contribution in [-0.2, 0) is 0 Å². The highest BCUT2D eigenvalue weighted by Gasteiger charge is 2.10. The molecule has 0 saturated carbocycles. The second-order valence-corrected chi connectivity index (χ2v) is 3.98. The zero-order valence-corrected chi connectivity index (χ0v) is 11.7. The number of hydrogen-bond acceptors (Lipinski definition) is 5. The molecule has 5 nitrogen and oxygen atoms in total. The minimum absolute atomic E-state index is 0.158. The van der Waals surface area contributed by atoms with Crippen LogP contribution in [0.1, 0.15) is 26.7 Å². The lowest BCUT2D eigenvalue weighted by atomic mass is 10.3. The summed E-state index contributed by atoms with van der Waals surface area (Å²) in [6.07, 6.45) is 3.64. The number of aromatic nitrogens is 3. The molecule has 0 spiro atoms. The average Bonchev–Trinajstić information content (AvgIpc) is 2.36. The minimum Gasteiger partial charge on any atom is -0.463 e. The number of anilines is 1. The topological polar surface area (TPSA) is 51.1 Å². The molecule has 0 aromatic carbocycles. The van der Waals surface area contributed by atoms with E-state index in [9.17, 15) is 0 Å². The zero-order chi connectivity index (χ0) is 13.4. The first-order valence-corrected chi connectivity index (χ1v) is 6.49. The summed E-state index contributed by atoms with van der Waals surface area (Å²) in [5.41, 5.74) is 0. The molecule has 0 bridgehead atoms. The van der Waals surface area contributed by atoms with Crippen molar-refractivity contribution in [2.24, 2.45) is 0 Å². The Morgan fingerprint density at radius 2 is 2.00 bits per heavy atom. The number of allylic oxidation sites excluding steroid dienone is 1. The van der Waals surface area contributed by atoms with Gasteiger partial charge in [-0.15, -0.1) is 6.58 Å². The SMILES string of the molecule is C=CCCCOc1nc(Cl)nc(N(CC)CC)n1. The van der Waals surface area contributed by atoms with E-state index in [0.29, 0.717) is 12.6 Å². The average molecular weight is 271 g/mol. The van der Waals surface area contributed by atoms with Gasteiger partial charge in [0, 0.05) is 13.1 Å². The summed E-state index contributed by atoms with van der Waals surface area (Å²) in [6.45, 7) is 9.89. The van der Waals surface area contributed by atoms with Gasteiger partial charge in [0.2, 0.25) is 11.2 Å². The van der Waals surface area contributed by atoms with Gasteiger partial charge in [0.25, 0.3) is 0 Å². The van der Waals surface area contributed by atoms with E-state index < -0.39 is 0 Å². The van der Waals surface area contributed by atoms with Crippen LogP contribution in [0.2, 0.25) is 5.28 Å². The van der Waals surface area contributed by atoms with Gasteiger partial charge in [-0.2, -0.15) is 15.0 Å². The fraction of sp³-hybridized carbons (Fsp3) is 0.583. The summed E-state index contributed by atoms with van der Waals surface area (Å²) in [5.74, 6) is 0.554. The third-order valence-corrected chi connectivity index (χ3v) is 2.57. The van der Waals surface area contributed by atoms with Crippen LogP contribution in [0.3, 0.4) is 0 Å². The lowest BCUT2D eigenvalue weighted by molar-refractivity contribution is 0.287. The van der Waals surface area contributed by atoms with Gasteiger partial charge in [0.15, 0.2) is 0 Å². The fourth-order valence-electron chi connectivity index (χ4n) is 1.43. The van der Waals surface area contributed by atoms with Crippen LogP contribution in [-0.4, -0.2) is 34.6 Å². The van der Waals surface area contributed by atoms with Crippen molar-refractivity contribution in [1.29, 1.82) is 0 Å². The number of nitrogens with zero attached hydrogens (tertiary/aromatic N) is 4. The molecular weight excluding hydrogens is 252 g/mol. The lowest BCUT2D eigenvalue weighted by Gasteiger charge is -2.18. The molecule has 0 amide bonds. The second-order valence-electron chi connectivity index (χ2n) is 3.64. The monoisotopic (exact) mass is 270 g/mol. The predicted octanol–water partition coefficient (Wildman–Crippen LogP) is 2.72. The number of rotatable bonds is 8. The highest BCUT2D eigenvalue weighted by atomic mass is 35.5. The van der Waals surface area contributed by atoms with Crippen LogP contribution in [0.15, 0.2) is 12.7 Å². The fourth-order valence-corrected chi connectivity index (χ4v) is 1.57. The standard InChI is InChI=1S/C12H19ClN4O/c1-4-7-8-9-18-12-15-10(13)14-11(16-12)17(5-2)6-3/h4H,1,5-9H2,2-3H3. The second kappa shape index (κ2) is 7.87. The van der Waals surface area contributed by atoms with Gasteiger partial charge in [-0.3, -0.25) is 0 Å². The molecule has 1 rings (SSSR count). The van der Waals surface area contributed by atoms with Crippen molar-refractivity contribution < 1.29 is 4.74 Å². The van der Waals surface area contributed by atoms with Crippen molar-refractivity contribution >= 4 is 17.5 Å². The summed E-state index contributed by atoms with van der Waals surface area (Å²) in [5, 5.41) is 0.158. The normalized spacial score (nSPS) is 10.2. The molecular formula is C12H19ClN4O. The molecule has 100 valence electrons. The van der Waals surface area contributed by atoms with E-state index in [1.807, 2.05) is 24.8 Å². The third kappa shape index (κ3) is 4.49. The van der Waals surface area contributed by atoms with Crippen LogP contribution < -0.4 is 9.64 Å².